The summed E-state index contributed by atoms with van der Waals surface area (Å²) >= 11 is 18.6. The first-order valence-corrected chi connectivity index (χ1v) is 4.90. The van der Waals surface area contributed by atoms with E-state index in [0.29, 0.717) is 13.8 Å². The molecule has 0 unspecified atom stereocenters. The highest BCUT2D eigenvalue weighted by Gasteiger charge is 2.49. The van der Waals surface area contributed by atoms with E-state index in [0.717, 1.165) is 0 Å². The number of hydrogen-bond acceptors (Lipinski definition) is 0. The molecule has 0 aliphatic carbocycles. The van der Waals surface area contributed by atoms with E-state index in [9.17, 15) is 26.3 Å². The molecule has 0 aliphatic rings. The molecule has 0 radical (unpaired) electrons. The van der Waals surface area contributed by atoms with Crippen molar-refractivity contribution in [2.45, 2.75) is 34.9 Å². The van der Waals surface area contributed by atoms with Gasteiger partial charge in [0.2, 0.25) is 8.67 Å². The lowest BCUT2D eigenvalue weighted by Gasteiger charge is -2.16. The van der Waals surface area contributed by atoms with Gasteiger partial charge in [-0.25, -0.2) is 0 Å². The van der Waals surface area contributed by atoms with Crippen molar-refractivity contribution in [2.75, 3.05) is 0 Å². The molecule has 0 aliphatic heterocycles. The summed E-state index contributed by atoms with van der Waals surface area (Å²) in [5.74, 6) is 0. The molecular formula is C6H6Cl4F6. The normalized spacial score (nSPS) is 14.2. The summed E-state index contributed by atoms with van der Waals surface area (Å²) in [6.07, 6.45) is -9.06. The van der Waals surface area contributed by atoms with Crippen LogP contribution in [0.4, 0.5) is 26.3 Å². The Bertz CT molecular complexity index is 159. The van der Waals surface area contributed by atoms with E-state index in [-0.39, 0.29) is 0 Å². The molecule has 10 heteroatoms. The van der Waals surface area contributed by atoms with Crippen LogP contribution in [0.3, 0.4) is 0 Å². The average Bonchev–Trinajstić information content (AvgIpc) is 1.77. The van der Waals surface area contributed by atoms with Crippen LogP contribution in [0, 0.1) is 0 Å². The molecule has 0 N–H and O–H groups in total. The Balaban J connectivity index is 0. The monoisotopic (exact) mass is 332 g/mol. The number of hydrogen-bond donors (Lipinski definition) is 0. The Morgan fingerprint density at radius 2 is 0.625 bits per heavy atom. The van der Waals surface area contributed by atoms with Gasteiger partial charge in [0, 0.05) is 0 Å². The second-order valence-electron chi connectivity index (χ2n) is 2.77. The molecule has 0 aromatic carbocycles. The molecule has 0 nitrogen and oxygen atoms in total. The standard InChI is InChI=1S/2C3H3Cl2F3/c2*1-2(4,5)3(6,7)8/h2*1H3. The maximum atomic E-state index is 11.3. The van der Waals surface area contributed by atoms with Crippen LogP contribution >= 0.6 is 46.4 Å². The van der Waals surface area contributed by atoms with Gasteiger partial charge in [0.25, 0.3) is 0 Å². The molecule has 0 aromatic rings. The molecule has 0 amide bonds. The van der Waals surface area contributed by atoms with Crippen molar-refractivity contribution >= 4 is 46.4 Å². The molecule has 0 fully saturated rings. The van der Waals surface area contributed by atoms with Crippen LogP contribution in [0.15, 0.2) is 0 Å². The predicted molar refractivity (Wildman–Crippen MR) is 52.3 cm³/mol. The quantitative estimate of drug-likeness (QED) is 0.406. The van der Waals surface area contributed by atoms with Gasteiger partial charge in [0.15, 0.2) is 0 Å². The fourth-order valence-electron chi connectivity index (χ4n) is 0. The smallest absolute Gasteiger partial charge is 0.168 e. The van der Waals surface area contributed by atoms with Crippen molar-refractivity contribution in [3.63, 3.8) is 0 Å². The van der Waals surface area contributed by atoms with Crippen LogP contribution in [0.1, 0.15) is 13.8 Å². The van der Waals surface area contributed by atoms with Crippen molar-refractivity contribution in [2.24, 2.45) is 0 Å². The zero-order chi connectivity index (χ0) is 14.0. The van der Waals surface area contributed by atoms with Gasteiger partial charge in [-0.05, 0) is 13.8 Å². The zero-order valence-electron chi connectivity index (χ0n) is 7.78. The Morgan fingerprint density at radius 1 is 0.562 bits per heavy atom. The lowest BCUT2D eigenvalue weighted by Crippen LogP contribution is -2.30. The minimum Gasteiger partial charge on any atom is -0.168 e. The molecule has 0 bridgehead atoms. The lowest BCUT2D eigenvalue weighted by molar-refractivity contribution is -0.138. The number of alkyl halides is 10. The summed E-state index contributed by atoms with van der Waals surface area (Å²) in [6, 6.07) is 0. The largest absolute Gasteiger partial charge is 0.421 e. The second-order valence-corrected chi connectivity index (χ2v) is 6.18. The third-order valence-electron chi connectivity index (χ3n) is 0.996. The third-order valence-corrected chi connectivity index (χ3v) is 1.85. The van der Waals surface area contributed by atoms with Gasteiger partial charge in [-0.2, -0.15) is 26.3 Å². The molecule has 100 valence electrons. The van der Waals surface area contributed by atoms with Crippen molar-refractivity contribution in [1.82, 2.24) is 0 Å². The van der Waals surface area contributed by atoms with Crippen molar-refractivity contribution in [3.8, 4) is 0 Å². The molecule has 0 atom stereocenters. The van der Waals surface area contributed by atoms with Crippen LogP contribution in [-0.4, -0.2) is 21.0 Å². The van der Waals surface area contributed by atoms with Gasteiger partial charge in [-0.15, -0.1) is 0 Å². The zero-order valence-corrected chi connectivity index (χ0v) is 10.8. The van der Waals surface area contributed by atoms with Gasteiger partial charge in [-0.3, -0.25) is 0 Å². The fourth-order valence-corrected chi connectivity index (χ4v) is 0. The minimum absolute atomic E-state index is 0.677. The van der Waals surface area contributed by atoms with E-state index in [2.05, 4.69) is 46.4 Å². The number of rotatable bonds is 0. The topological polar surface area (TPSA) is 0 Å². The summed E-state index contributed by atoms with van der Waals surface area (Å²) in [5.41, 5.74) is 0. The van der Waals surface area contributed by atoms with E-state index in [4.69, 9.17) is 0 Å². The highest BCUT2D eigenvalue weighted by molar-refractivity contribution is 6.49. The molecular weight excluding hydrogens is 328 g/mol. The molecule has 0 saturated heterocycles. The number of halogens is 10. The van der Waals surface area contributed by atoms with Gasteiger partial charge >= 0.3 is 12.4 Å². The Morgan fingerprint density at radius 3 is 0.625 bits per heavy atom. The van der Waals surface area contributed by atoms with Crippen LogP contribution in [0.2, 0.25) is 0 Å². The van der Waals surface area contributed by atoms with Crippen LogP contribution in [-0.2, 0) is 0 Å². The van der Waals surface area contributed by atoms with E-state index in [1.807, 2.05) is 0 Å². The summed E-state index contributed by atoms with van der Waals surface area (Å²) in [4.78, 5) is 0. The van der Waals surface area contributed by atoms with Gasteiger partial charge < -0.3 is 0 Å². The van der Waals surface area contributed by atoms with E-state index in [1.165, 1.54) is 0 Å². The highest BCUT2D eigenvalue weighted by atomic mass is 35.5. The lowest BCUT2D eigenvalue weighted by atomic mass is 10.5. The van der Waals surface area contributed by atoms with Gasteiger partial charge in [0.05, 0.1) is 0 Å². The molecule has 0 spiro atoms. The first kappa shape index (κ1) is 19.1. The second kappa shape index (κ2) is 5.59. The third kappa shape index (κ3) is 7.92. The minimum atomic E-state index is -4.53. The maximum absolute atomic E-state index is 11.3. The molecule has 0 heterocycles. The molecule has 0 rings (SSSR count). The predicted octanol–water partition coefficient (Wildman–Crippen LogP) is 5.49. The van der Waals surface area contributed by atoms with Crippen LogP contribution in [0.5, 0.6) is 0 Å². The van der Waals surface area contributed by atoms with Gasteiger partial charge in [0.1, 0.15) is 0 Å². The SMILES string of the molecule is CC(Cl)(Cl)C(F)(F)F.CC(Cl)(Cl)C(F)(F)F. The van der Waals surface area contributed by atoms with Crippen LogP contribution in [0.25, 0.3) is 0 Å². The van der Waals surface area contributed by atoms with Gasteiger partial charge in [-0.1, -0.05) is 46.4 Å². The molecule has 0 aromatic heterocycles. The Hall–Kier alpha value is 0.740. The summed E-state index contributed by atoms with van der Waals surface area (Å²) in [5, 5.41) is 0. The molecule has 0 saturated carbocycles. The molecule has 16 heavy (non-hydrogen) atoms. The Labute approximate surface area is 108 Å². The maximum Gasteiger partial charge on any atom is 0.421 e. The van der Waals surface area contributed by atoms with Crippen molar-refractivity contribution < 1.29 is 26.3 Å². The summed E-state index contributed by atoms with van der Waals surface area (Å²) < 4.78 is 62.6. The first-order chi connectivity index (χ1) is 6.50. The first-order valence-electron chi connectivity index (χ1n) is 3.39. The van der Waals surface area contributed by atoms with Crippen molar-refractivity contribution in [1.29, 1.82) is 0 Å². The van der Waals surface area contributed by atoms with Crippen molar-refractivity contribution in [3.05, 3.63) is 0 Å². The summed E-state index contributed by atoms with van der Waals surface area (Å²) in [7, 11) is 0. The van der Waals surface area contributed by atoms with E-state index >= 15 is 0 Å². The van der Waals surface area contributed by atoms with E-state index in [1.54, 1.807) is 0 Å². The van der Waals surface area contributed by atoms with E-state index < -0.39 is 21.0 Å². The summed E-state index contributed by atoms with van der Waals surface area (Å²) in [6.45, 7) is 1.35. The van der Waals surface area contributed by atoms with Crippen LogP contribution < -0.4 is 0 Å². The Kier molecular flexibility index (Phi) is 6.67. The average molecular weight is 334 g/mol. The fraction of sp³-hybridized carbons (Fsp3) is 1.00. The highest BCUT2D eigenvalue weighted by Crippen LogP contribution is 2.39.